The Balaban J connectivity index is -0.000000405. The van der Waals surface area contributed by atoms with Crippen molar-refractivity contribution >= 4 is 11.9 Å². The summed E-state index contributed by atoms with van der Waals surface area (Å²) in [6, 6.07) is -1.21. The Morgan fingerprint density at radius 3 is 2.00 bits per heavy atom. The third-order valence-electron chi connectivity index (χ3n) is 0.962. The van der Waals surface area contributed by atoms with Gasteiger partial charge in [-0.1, -0.05) is 0 Å². The summed E-state index contributed by atoms with van der Waals surface area (Å²) in [5, 5.41) is 19.6. The molecule has 0 aromatic rings. The number of rotatable bonds is 4. The molecule has 0 aromatic heterocycles. The summed E-state index contributed by atoms with van der Waals surface area (Å²) in [6.45, 7) is 0. The second-order valence-corrected chi connectivity index (χ2v) is 1.84. The molecule has 1 atom stereocenters. The van der Waals surface area contributed by atoms with E-state index in [0.29, 0.717) is 0 Å². The minimum Gasteiger partial charge on any atom is -0.550 e. The molecule has 0 aliphatic heterocycles. The first kappa shape index (κ1) is 17.1. The Kier molecular flexibility index (Phi) is 11.3. The van der Waals surface area contributed by atoms with E-state index < -0.39 is 18.0 Å². The Morgan fingerprint density at radius 2 is 1.75 bits per heavy atom. The van der Waals surface area contributed by atoms with Gasteiger partial charge in [0.25, 0.3) is 0 Å². The van der Waals surface area contributed by atoms with E-state index in [9.17, 15) is 19.8 Å². The van der Waals surface area contributed by atoms with Gasteiger partial charge in [-0.15, -0.1) is 0 Å². The van der Waals surface area contributed by atoms with Gasteiger partial charge >= 0.3 is 0 Å². The van der Waals surface area contributed by atoms with E-state index in [1.54, 1.807) is 0 Å². The molecule has 0 saturated heterocycles. The maximum Gasteiger partial charge on any atom is 0.0582 e. The van der Waals surface area contributed by atoms with Gasteiger partial charge in [-0.2, -0.15) is 0 Å². The van der Waals surface area contributed by atoms with Gasteiger partial charge < -0.3 is 37.2 Å². The van der Waals surface area contributed by atoms with Crippen molar-refractivity contribution in [3.05, 3.63) is 0 Å². The standard InChI is InChI=1S/C5H9NO4.H3N.H2O/c6-3(5(9)10)1-2-4(7)8;;/h3H,1-2,6H2,(H,7,8)(H,9,10);1H3;1H2/p-1. The Morgan fingerprint density at radius 1 is 1.33 bits per heavy atom. The summed E-state index contributed by atoms with van der Waals surface area (Å²) in [6.07, 6.45) is -0.500. The molecule has 0 rings (SSSR count). The molecule has 0 heterocycles. The molecule has 7 heteroatoms. The minimum absolute atomic E-state index is 0. The number of hydrogen-bond acceptors (Lipinski definition) is 5. The number of carbonyl (C=O) groups excluding carboxylic acids is 2. The molecule has 0 bridgehead atoms. The fourth-order valence-electron chi connectivity index (χ4n) is 0.391. The lowest BCUT2D eigenvalue weighted by atomic mass is 10.2. The van der Waals surface area contributed by atoms with Crippen molar-refractivity contribution in [2.45, 2.75) is 18.9 Å². The third kappa shape index (κ3) is 8.82. The smallest absolute Gasteiger partial charge is 0.0582 e. The highest BCUT2D eigenvalue weighted by atomic mass is 16.4. The summed E-state index contributed by atoms with van der Waals surface area (Å²) in [7, 11) is 0. The third-order valence-corrected chi connectivity index (χ3v) is 0.962. The zero-order valence-electron chi connectivity index (χ0n) is 6.70. The lowest BCUT2D eigenvalue weighted by Gasteiger charge is -2.11. The van der Waals surface area contributed by atoms with Gasteiger partial charge in [0.2, 0.25) is 0 Å². The lowest BCUT2D eigenvalue weighted by Crippen LogP contribution is -2.42. The van der Waals surface area contributed by atoms with Crippen LogP contribution in [0.5, 0.6) is 0 Å². The fraction of sp³-hybridized carbons (Fsp3) is 0.600. The summed E-state index contributed by atoms with van der Waals surface area (Å²) >= 11 is 0. The van der Waals surface area contributed by atoms with Crippen molar-refractivity contribution in [3.8, 4) is 0 Å². The lowest BCUT2D eigenvalue weighted by molar-refractivity contribution is -0.309. The summed E-state index contributed by atoms with van der Waals surface area (Å²) in [4.78, 5) is 19.6. The van der Waals surface area contributed by atoms with Gasteiger partial charge in [0.15, 0.2) is 0 Å². The first-order valence-corrected chi connectivity index (χ1v) is 2.70. The van der Waals surface area contributed by atoms with E-state index in [4.69, 9.17) is 5.73 Å². The van der Waals surface area contributed by atoms with Crippen LogP contribution in [0.15, 0.2) is 0 Å². The number of hydrogen-bond donors (Lipinski definition) is 2. The normalized spacial score (nSPS) is 10.4. The average molecular weight is 181 g/mol. The number of carboxylic acid groups (broad SMARTS) is 2. The van der Waals surface area contributed by atoms with Crippen LogP contribution in [-0.2, 0) is 9.59 Å². The van der Waals surface area contributed by atoms with Crippen LogP contribution in [0.2, 0.25) is 0 Å². The molecule has 0 fully saturated rings. The van der Waals surface area contributed by atoms with E-state index in [0.717, 1.165) is 0 Å². The number of quaternary nitrogens is 1. The van der Waals surface area contributed by atoms with Crippen LogP contribution < -0.4 is 22.1 Å². The summed E-state index contributed by atoms with van der Waals surface area (Å²) in [5.41, 5.74) is 4.91. The first-order chi connectivity index (χ1) is 4.54. The molecule has 7 nitrogen and oxygen atoms in total. The van der Waals surface area contributed by atoms with E-state index in [2.05, 4.69) is 0 Å². The zero-order valence-corrected chi connectivity index (χ0v) is 6.70. The van der Waals surface area contributed by atoms with E-state index in [1.165, 1.54) is 0 Å². The van der Waals surface area contributed by atoms with E-state index >= 15 is 0 Å². The highest BCUT2D eigenvalue weighted by Gasteiger charge is 2.01. The van der Waals surface area contributed by atoms with Gasteiger partial charge in [0, 0.05) is 12.0 Å². The van der Waals surface area contributed by atoms with Crippen LogP contribution in [-0.4, -0.2) is 23.5 Å². The van der Waals surface area contributed by atoms with Gasteiger partial charge in [0.05, 0.1) is 5.97 Å². The molecule has 0 saturated carbocycles. The second kappa shape index (κ2) is 7.92. The monoisotopic (exact) mass is 181 g/mol. The number of aliphatic carboxylic acids is 2. The molecule has 12 heavy (non-hydrogen) atoms. The van der Waals surface area contributed by atoms with Crippen LogP contribution in [0.1, 0.15) is 12.8 Å². The first-order valence-electron chi connectivity index (χ1n) is 2.70. The van der Waals surface area contributed by atoms with Crippen LogP contribution in [0.3, 0.4) is 0 Å². The molecular weight excluding hydrogens is 168 g/mol. The number of carboxylic acids is 2. The van der Waals surface area contributed by atoms with Crippen molar-refractivity contribution in [3.63, 3.8) is 0 Å². The quantitative estimate of drug-likeness (QED) is 0.450. The van der Waals surface area contributed by atoms with Crippen molar-refractivity contribution in [1.82, 2.24) is 6.15 Å². The van der Waals surface area contributed by atoms with Crippen LogP contribution >= 0.6 is 0 Å². The van der Waals surface area contributed by atoms with Crippen molar-refractivity contribution in [1.29, 1.82) is 0 Å². The molecule has 8 N–H and O–H groups in total. The summed E-state index contributed by atoms with van der Waals surface area (Å²) < 4.78 is 0. The highest BCUT2D eigenvalue weighted by molar-refractivity contribution is 5.72. The molecule has 0 aliphatic rings. The summed E-state index contributed by atoms with van der Waals surface area (Å²) in [5.74, 6) is -2.75. The van der Waals surface area contributed by atoms with Crippen LogP contribution in [0, 0.1) is 0 Å². The molecule has 74 valence electrons. The van der Waals surface area contributed by atoms with Gasteiger partial charge in [0.1, 0.15) is 0 Å². The predicted octanol–water partition coefficient (Wildman–Crippen LogP) is -3.85. The highest BCUT2D eigenvalue weighted by Crippen LogP contribution is 1.90. The van der Waals surface area contributed by atoms with Gasteiger partial charge in [-0.3, -0.25) is 0 Å². The van der Waals surface area contributed by atoms with Crippen LogP contribution in [0.25, 0.3) is 0 Å². The Labute approximate surface area is 69.1 Å². The molecule has 0 aliphatic carbocycles. The molecule has 0 radical (unpaired) electrons. The van der Waals surface area contributed by atoms with E-state index in [-0.39, 0.29) is 24.5 Å². The van der Waals surface area contributed by atoms with E-state index in [1.807, 2.05) is 0 Å². The van der Waals surface area contributed by atoms with Crippen molar-refractivity contribution in [2.24, 2.45) is 5.73 Å². The van der Waals surface area contributed by atoms with Crippen molar-refractivity contribution < 1.29 is 25.3 Å². The maximum atomic E-state index is 9.86. The molecule has 1 unspecified atom stereocenters. The molecule has 0 amide bonds. The fourth-order valence-corrected chi connectivity index (χ4v) is 0.391. The largest absolute Gasteiger partial charge is 0.550 e. The van der Waals surface area contributed by atoms with Crippen LogP contribution in [0.4, 0.5) is 0 Å². The average Bonchev–Trinajstić information content (AvgIpc) is 1.82. The van der Waals surface area contributed by atoms with Gasteiger partial charge in [-0.05, 0) is 12.8 Å². The minimum atomic E-state index is -1.44. The molecule has 0 aromatic carbocycles. The predicted molar refractivity (Wildman–Crippen MR) is 36.8 cm³/mol. The Bertz CT molecular complexity index is 149. The number of carbonyl (C=O) groups is 2. The van der Waals surface area contributed by atoms with Crippen molar-refractivity contribution in [2.75, 3.05) is 0 Å². The maximum absolute atomic E-state index is 9.86. The molecule has 0 spiro atoms. The van der Waals surface area contributed by atoms with Gasteiger partial charge in [-0.25, -0.2) is 0 Å². The SMILES string of the molecule is NC(CCC(=O)[O-])C(=O)[O-].O.[NH4+]. The molecular formula is C5H13N2O5-. The second-order valence-electron chi connectivity index (χ2n) is 1.84. The number of nitrogens with two attached hydrogens (primary N) is 1. The zero-order chi connectivity index (χ0) is 8.15. The topological polar surface area (TPSA) is 174 Å². The Hall–Kier alpha value is -1.18.